The number of aliphatic hydroxyl groups excluding tert-OH is 1. The minimum absolute atomic E-state index is 0.0105. The summed E-state index contributed by atoms with van der Waals surface area (Å²) in [5.74, 6) is -0.257. The number of nitrogens with one attached hydrogen (secondary N) is 1. The normalized spacial score (nSPS) is 43.6. The average molecular weight is 354 g/mol. The predicted molar refractivity (Wildman–Crippen MR) is 98.7 cm³/mol. The van der Waals surface area contributed by atoms with Gasteiger partial charge in [-0.2, -0.15) is 0 Å². The number of aliphatic hydroxyl groups is 1. The van der Waals surface area contributed by atoms with Gasteiger partial charge in [0.15, 0.2) is 0 Å². The first-order chi connectivity index (χ1) is 12.6. The van der Waals surface area contributed by atoms with Gasteiger partial charge in [-0.25, -0.2) is 0 Å². The molecular formula is C21H26N2O3. The summed E-state index contributed by atoms with van der Waals surface area (Å²) >= 11 is 0. The van der Waals surface area contributed by atoms with E-state index in [0.717, 1.165) is 38.0 Å². The molecule has 4 aliphatic heterocycles. The van der Waals surface area contributed by atoms with Crippen molar-refractivity contribution in [3.63, 3.8) is 0 Å². The zero-order chi connectivity index (χ0) is 18.2. The molecule has 0 radical (unpaired) electrons. The molecule has 5 heteroatoms. The van der Waals surface area contributed by atoms with E-state index in [0.29, 0.717) is 0 Å². The van der Waals surface area contributed by atoms with E-state index >= 15 is 0 Å². The van der Waals surface area contributed by atoms with Crippen LogP contribution in [0.15, 0.2) is 35.9 Å². The molecule has 0 amide bonds. The molecule has 5 nitrogen and oxygen atoms in total. The third kappa shape index (κ3) is 1.43. The number of rotatable bonds is 2. The van der Waals surface area contributed by atoms with Crippen LogP contribution < -0.4 is 5.32 Å². The first kappa shape index (κ1) is 16.3. The number of ether oxygens (including phenoxy) is 1. The molecule has 1 aromatic carbocycles. The second-order valence-electron chi connectivity index (χ2n) is 8.18. The maximum atomic E-state index is 13.4. The molecule has 4 heterocycles. The summed E-state index contributed by atoms with van der Waals surface area (Å²) in [4.78, 5) is 15.9. The van der Waals surface area contributed by atoms with Crippen LogP contribution in [-0.4, -0.2) is 48.4 Å². The summed E-state index contributed by atoms with van der Waals surface area (Å²) in [7, 11) is 1.46. The highest BCUT2D eigenvalue weighted by Crippen LogP contribution is 2.72. The number of carbonyl (C=O) groups excluding carboxylic acids is 1. The Hall–Kier alpha value is -1.85. The van der Waals surface area contributed by atoms with Crippen LogP contribution in [0.4, 0.5) is 5.69 Å². The molecule has 2 N–H and O–H groups in total. The number of anilines is 1. The fourth-order valence-corrected chi connectivity index (χ4v) is 7.01. The van der Waals surface area contributed by atoms with Crippen molar-refractivity contribution in [2.45, 2.75) is 37.3 Å². The standard InChI is InChI=1S/C21H26N2O3/c1-3-14-12-23-11-10-20-16-6-4-5-7-17(16)22-21(20,23)9-8-15(14)19(20,13-24)18(25)26-2/h3-7,15,22,24H,8-13H2,1-2H3/b14-3-/t15-,19-,20-,21-/m0/s1. The van der Waals surface area contributed by atoms with Crippen molar-refractivity contribution in [1.29, 1.82) is 0 Å². The van der Waals surface area contributed by atoms with Crippen molar-refractivity contribution in [1.82, 2.24) is 4.90 Å². The van der Waals surface area contributed by atoms with E-state index in [-0.39, 0.29) is 24.2 Å². The van der Waals surface area contributed by atoms with E-state index in [2.05, 4.69) is 35.3 Å². The number of carbonyl (C=O) groups is 1. The van der Waals surface area contributed by atoms with Gasteiger partial charge in [0.05, 0.1) is 19.1 Å². The number of fused-ring (bicyclic) bond motifs is 3. The Bertz CT molecular complexity index is 821. The second kappa shape index (κ2) is 5.11. The van der Waals surface area contributed by atoms with Gasteiger partial charge in [0.1, 0.15) is 11.1 Å². The van der Waals surface area contributed by atoms with Crippen molar-refractivity contribution in [3.05, 3.63) is 41.5 Å². The zero-order valence-electron chi connectivity index (χ0n) is 15.4. The summed E-state index contributed by atoms with van der Waals surface area (Å²) in [5.41, 5.74) is 1.79. The number of allylic oxidation sites excluding steroid dienone is 1. The number of nitrogens with zero attached hydrogens (tertiary/aromatic N) is 1. The molecular weight excluding hydrogens is 328 g/mol. The highest BCUT2D eigenvalue weighted by molar-refractivity contribution is 5.85. The van der Waals surface area contributed by atoms with Crippen LogP contribution in [0.1, 0.15) is 31.7 Å². The molecule has 1 saturated carbocycles. The molecule has 26 heavy (non-hydrogen) atoms. The van der Waals surface area contributed by atoms with E-state index < -0.39 is 10.8 Å². The Kier molecular flexibility index (Phi) is 3.21. The quantitative estimate of drug-likeness (QED) is 0.630. The molecule has 6 rings (SSSR count). The SMILES string of the molecule is C/C=C1/CN2CC[C@@]34c5ccccc5N[C@@]23CC[C@@H]1[C@@]4(CO)C(=O)OC. The van der Waals surface area contributed by atoms with Crippen molar-refractivity contribution in [2.75, 3.05) is 32.1 Å². The Morgan fingerprint density at radius 3 is 2.96 bits per heavy atom. The lowest BCUT2D eigenvalue weighted by atomic mass is 9.46. The number of benzene rings is 1. The van der Waals surface area contributed by atoms with Crippen molar-refractivity contribution in [2.24, 2.45) is 11.3 Å². The van der Waals surface area contributed by atoms with Crippen molar-refractivity contribution < 1.29 is 14.6 Å². The third-order valence-corrected chi connectivity index (χ3v) is 7.87. The molecule has 1 aliphatic carbocycles. The molecule has 0 aromatic heterocycles. The largest absolute Gasteiger partial charge is 0.468 e. The second-order valence-corrected chi connectivity index (χ2v) is 8.18. The summed E-state index contributed by atoms with van der Waals surface area (Å²) in [6.45, 7) is 3.63. The first-order valence-corrected chi connectivity index (χ1v) is 9.58. The van der Waals surface area contributed by atoms with Gasteiger partial charge in [0, 0.05) is 24.7 Å². The smallest absolute Gasteiger partial charge is 0.315 e. The molecule has 3 saturated heterocycles. The molecule has 138 valence electrons. The number of methoxy groups -OCH3 is 1. The fourth-order valence-electron chi connectivity index (χ4n) is 7.01. The van der Waals surface area contributed by atoms with Gasteiger partial charge < -0.3 is 15.2 Å². The molecule has 4 fully saturated rings. The first-order valence-electron chi connectivity index (χ1n) is 9.58. The van der Waals surface area contributed by atoms with Crippen LogP contribution in [0.3, 0.4) is 0 Å². The Labute approximate surface area is 154 Å². The van der Waals surface area contributed by atoms with Gasteiger partial charge in [-0.15, -0.1) is 0 Å². The van der Waals surface area contributed by atoms with Crippen LogP contribution in [0.5, 0.6) is 0 Å². The maximum absolute atomic E-state index is 13.4. The van der Waals surface area contributed by atoms with Gasteiger partial charge in [0.25, 0.3) is 0 Å². The maximum Gasteiger partial charge on any atom is 0.315 e. The summed E-state index contributed by atoms with van der Waals surface area (Å²) in [5, 5.41) is 14.6. The topological polar surface area (TPSA) is 61.8 Å². The predicted octanol–water partition coefficient (Wildman–Crippen LogP) is 2.27. The van der Waals surface area contributed by atoms with Crippen LogP contribution >= 0.6 is 0 Å². The van der Waals surface area contributed by atoms with Crippen LogP contribution in [0, 0.1) is 11.3 Å². The number of esters is 1. The lowest BCUT2D eigenvalue weighted by molar-refractivity contribution is -0.174. The summed E-state index contributed by atoms with van der Waals surface area (Å²) < 4.78 is 5.38. The molecule has 4 bridgehead atoms. The minimum Gasteiger partial charge on any atom is -0.468 e. The lowest BCUT2D eigenvalue weighted by Gasteiger charge is -2.57. The Balaban J connectivity index is 1.90. The molecule has 5 atom stereocenters. The minimum atomic E-state index is -0.952. The highest BCUT2D eigenvalue weighted by atomic mass is 16.5. The zero-order valence-corrected chi connectivity index (χ0v) is 15.4. The van der Waals surface area contributed by atoms with Gasteiger partial charge in [-0.1, -0.05) is 29.8 Å². The van der Waals surface area contributed by atoms with Gasteiger partial charge in [-0.3, -0.25) is 9.69 Å². The summed E-state index contributed by atoms with van der Waals surface area (Å²) in [6.07, 6.45) is 4.87. The van der Waals surface area contributed by atoms with Crippen LogP contribution in [0.2, 0.25) is 0 Å². The molecule has 1 aromatic rings. The van der Waals surface area contributed by atoms with E-state index in [1.165, 1.54) is 18.2 Å². The van der Waals surface area contributed by atoms with E-state index in [4.69, 9.17) is 4.74 Å². The molecule has 5 aliphatic rings. The summed E-state index contributed by atoms with van der Waals surface area (Å²) in [6, 6.07) is 8.33. The van der Waals surface area contributed by atoms with Crippen molar-refractivity contribution in [3.8, 4) is 0 Å². The van der Waals surface area contributed by atoms with Crippen LogP contribution in [0.25, 0.3) is 0 Å². The fraction of sp³-hybridized carbons (Fsp3) is 0.571. The Morgan fingerprint density at radius 2 is 2.23 bits per heavy atom. The number of para-hydroxylation sites is 1. The van der Waals surface area contributed by atoms with Gasteiger partial charge in [0.2, 0.25) is 0 Å². The molecule has 1 unspecified atom stereocenters. The van der Waals surface area contributed by atoms with E-state index in [9.17, 15) is 9.90 Å². The van der Waals surface area contributed by atoms with Crippen molar-refractivity contribution >= 4 is 11.7 Å². The number of hydrogen-bond donors (Lipinski definition) is 2. The van der Waals surface area contributed by atoms with E-state index in [1.54, 1.807) is 0 Å². The average Bonchev–Trinajstić information content (AvgIpc) is 3.06. The highest BCUT2D eigenvalue weighted by Gasteiger charge is 2.80. The monoisotopic (exact) mass is 354 g/mol. The van der Waals surface area contributed by atoms with Gasteiger partial charge in [-0.05, 0) is 37.8 Å². The third-order valence-electron chi connectivity index (χ3n) is 7.87. The number of hydrogen-bond acceptors (Lipinski definition) is 5. The van der Waals surface area contributed by atoms with Crippen LogP contribution in [-0.2, 0) is 14.9 Å². The molecule has 1 spiro atoms. The van der Waals surface area contributed by atoms with E-state index in [1.807, 2.05) is 12.1 Å². The van der Waals surface area contributed by atoms with Gasteiger partial charge >= 0.3 is 5.97 Å². The lowest BCUT2D eigenvalue weighted by Crippen LogP contribution is -2.70. The Morgan fingerprint density at radius 1 is 1.42 bits per heavy atom.